The maximum Gasteiger partial charge on any atom is 0.250 e. The van der Waals surface area contributed by atoms with Crippen molar-refractivity contribution in [2.75, 3.05) is 5.32 Å². The summed E-state index contributed by atoms with van der Waals surface area (Å²) in [4.78, 5) is 26.7. The second-order valence-electron chi connectivity index (χ2n) is 13.1. The first-order chi connectivity index (χ1) is 23.3. The summed E-state index contributed by atoms with van der Waals surface area (Å²) in [7, 11) is 0. The van der Waals surface area contributed by atoms with Crippen LogP contribution in [-0.2, 0) is 16.6 Å². The molecule has 6 aromatic rings. The molecule has 10 bridgehead atoms. The van der Waals surface area contributed by atoms with E-state index in [1.165, 1.54) is 0 Å². The third-order valence-electron chi connectivity index (χ3n) is 10.5. The first-order valence-corrected chi connectivity index (χ1v) is 16.8. The number of oxazole rings is 2. The molecule has 48 heavy (non-hydrogen) atoms. The molecule has 0 saturated carbocycles. The molecule has 5 aliphatic heterocycles. The average Bonchev–Trinajstić information content (AvgIpc) is 3.87. The summed E-state index contributed by atoms with van der Waals surface area (Å²) in [5.41, 5.74) is 12.8. The zero-order valence-electron chi connectivity index (χ0n) is 25.8. The molecule has 5 N–H and O–H groups in total. The van der Waals surface area contributed by atoms with Gasteiger partial charge in [-0.25, -0.2) is 4.98 Å². The van der Waals surface area contributed by atoms with Gasteiger partial charge < -0.3 is 34.9 Å². The summed E-state index contributed by atoms with van der Waals surface area (Å²) in [6, 6.07) is 16.9. The Morgan fingerprint density at radius 2 is 1.94 bits per heavy atom. The van der Waals surface area contributed by atoms with Crippen LogP contribution in [0.5, 0.6) is 5.75 Å². The summed E-state index contributed by atoms with van der Waals surface area (Å²) in [5.74, 6) is 1.60. The summed E-state index contributed by atoms with van der Waals surface area (Å²) < 4.78 is 20.3. The van der Waals surface area contributed by atoms with Crippen LogP contribution >= 0.6 is 23.2 Å². The Labute approximate surface area is 284 Å². The first-order valence-electron chi connectivity index (χ1n) is 16.0. The van der Waals surface area contributed by atoms with E-state index in [0.29, 0.717) is 46.0 Å². The molecule has 5 aliphatic rings. The van der Waals surface area contributed by atoms with Crippen molar-refractivity contribution >= 4 is 45.7 Å². The number of benzene rings is 3. The maximum atomic E-state index is 13.5. The molecule has 240 valence electrons. The molecule has 0 aliphatic carbocycles. The average molecular weight is 680 g/mol. The summed E-state index contributed by atoms with van der Waals surface area (Å²) >= 11 is 13.8. The zero-order valence-corrected chi connectivity index (χ0v) is 27.3. The molecule has 5 atom stereocenters. The summed E-state index contributed by atoms with van der Waals surface area (Å²) in [6.45, 7) is 4.10. The van der Waals surface area contributed by atoms with E-state index in [1.807, 2.05) is 31.2 Å². The van der Waals surface area contributed by atoms with Crippen molar-refractivity contribution < 1.29 is 18.4 Å². The van der Waals surface area contributed by atoms with Crippen molar-refractivity contribution in [3.63, 3.8) is 0 Å². The van der Waals surface area contributed by atoms with E-state index in [4.69, 9.17) is 52.5 Å². The lowest BCUT2D eigenvalue weighted by Crippen LogP contribution is -2.45. The van der Waals surface area contributed by atoms with Gasteiger partial charge in [0.15, 0.2) is 28.6 Å². The monoisotopic (exact) mass is 678 g/mol. The Morgan fingerprint density at radius 1 is 1.06 bits per heavy atom. The van der Waals surface area contributed by atoms with Crippen LogP contribution in [0.25, 0.3) is 44.9 Å². The number of carbonyl (C=O) groups is 1. The number of amides is 1. The Balaban J connectivity index is 1.37. The van der Waals surface area contributed by atoms with Crippen molar-refractivity contribution in [1.29, 1.82) is 0 Å². The third kappa shape index (κ3) is 3.54. The number of H-pyrrole nitrogens is 1. The third-order valence-corrected chi connectivity index (χ3v) is 11.1. The molecule has 0 saturated heterocycles. The molecule has 3 aromatic heterocycles. The van der Waals surface area contributed by atoms with Gasteiger partial charge >= 0.3 is 0 Å². The van der Waals surface area contributed by atoms with Crippen molar-refractivity contribution in [2.24, 2.45) is 11.7 Å². The van der Waals surface area contributed by atoms with Crippen LogP contribution in [0, 0.1) is 5.92 Å². The number of nitrogens with one attached hydrogen (secondary N) is 3. The second kappa shape index (κ2) is 9.65. The van der Waals surface area contributed by atoms with Gasteiger partial charge in [0.05, 0.1) is 11.6 Å². The van der Waals surface area contributed by atoms with Crippen LogP contribution in [0.2, 0.25) is 10.3 Å². The molecule has 12 heteroatoms. The lowest BCUT2D eigenvalue weighted by atomic mass is 9.72. The predicted molar refractivity (Wildman–Crippen MR) is 181 cm³/mol. The van der Waals surface area contributed by atoms with Crippen molar-refractivity contribution in [3.8, 4) is 39.8 Å². The Hall–Kier alpha value is -4.77. The molecule has 8 heterocycles. The standard InChI is InChI=1S/C36H28Cl2N6O4/c1-3-14(2)26-33-43-27-29(48-33)36-18-9-8-16(17-5-4-6-21-24(17)25(30(37)40-21)28-31(38)44-34(27)47-28)13-22(18)41-35(36)46-23-10-7-15(11-19(23)36)12-20(39)32(45)42-26/h4-11,13-14,20,26,35,40-41H,3,12,39H2,1-2H3,(H,42,45). The highest BCUT2D eigenvalue weighted by Gasteiger charge is 2.61. The SMILES string of the molecule is CCC(C)C1NC(=O)C(N)Cc2ccc3c(c2)C24c5ccc(cc5NC2O3)-c2cccc3[nH]c(Cl)c(c23)-c2oc(nc2Cl)-c2nc1oc24. The highest BCUT2D eigenvalue weighted by atomic mass is 35.5. The number of hydrogen-bond acceptors (Lipinski definition) is 8. The normalized spacial score (nSPS) is 23.4. The van der Waals surface area contributed by atoms with E-state index in [-0.39, 0.29) is 22.9 Å². The Kier molecular flexibility index (Phi) is 5.68. The van der Waals surface area contributed by atoms with E-state index >= 15 is 0 Å². The highest BCUT2D eigenvalue weighted by molar-refractivity contribution is 6.37. The van der Waals surface area contributed by atoms with E-state index in [1.54, 1.807) is 0 Å². The van der Waals surface area contributed by atoms with Crippen LogP contribution in [0.4, 0.5) is 5.69 Å². The smallest absolute Gasteiger partial charge is 0.250 e. The van der Waals surface area contributed by atoms with E-state index < -0.39 is 23.7 Å². The minimum absolute atomic E-state index is 0.0424. The van der Waals surface area contributed by atoms with Gasteiger partial charge in [-0.15, -0.1) is 0 Å². The van der Waals surface area contributed by atoms with Crippen LogP contribution in [-0.4, -0.2) is 33.1 Å². The predicted octanol–water partition coefficient (Wildman–Crippen LogP) is 7.33. The maximum absolute atomic E-state index is 13.5. The molecule has 5 unspecified atom stereocenters. The summed E-state index contributed by atoms with van der Waals surface area (Å²) in [6.07, 6.45) is 0.492. The van der Waals surface area contributed by atoms with Gasteiger partial charge in [0.25, 0.3) is 5.89 Å². The number of rotatable bonds is 2. The first kappa shape index (κ1) is 28.3. The van der Waals surface area contributed by atoms with Crippen LogP contribution in [0.1, 0.15) is 54.7 Å². The fourth-order valence-corrected chi connectivity index (χ4v) is 8.47. The summed E-state index contributed by atoms with van der Waals surface area (Å²) in [5, 5.41) is 8.18. The lowest BCUT2D eigenvalue weighted by Gasteiger charge is -2.28. The minimum Gasteiger partial charge on any atom is -0.469 e. The Morgan fingerprint density at radius 3 is 2.79 bits per heavy atom. The van der Waals surface area contributed by atoms with E-state index in [0.717, 1.165) is 50.8 Å². The minimum atomic E-state index is -1.01. The number of anilines is 1. The second-order valence-corrected chi connectivity index (χ2v) is 13.9. The largest absolute Gasteiger partial charge is 0.469 e. The zero-order chi connectivity index (χ0) is 32.6. The fraction of sp³-hybridized carbons (Fsp3) is 0.250. The van der Waals surface area contributed by atoms with Crippen LogP contribution in [0.3, 0.4) is 0 Å². The van der Waals surface area contributed by atoms with E-state index in [2.05, 4.69) is 52.9 Å². The van der Waals surface area contributed by atoms with Gasteiger partial charge in [-0.3, -0.25) is 4.79 Å². The van der Waals surface area contributed by atoms with Gasteiger partial charge in [-0.2, -0.15) is 4.98 Å². The number of aromatic nitrogens is 3. The molecule has 1 spiro atoms. The topological polar surface area (TPSA) is 144 Å². The number of halogens is 2. The van der Waals surface area contributed by atoms with E-state index in [9.17, 15) is 4.79 Å². The fourth-order valence-electron chi connectivity index (χ4n) is 7.97. The highest BCUT2D eigenvalue weighted by Crippen LogP contribution is 2.60. The van der Waals surface area contributed by atoms with Gasteiger partial charge in [0, 0.05) is 22.2 Å². The molecule has 11 rings (SSSR count). The molecule has 0 radical (unpaired) electrons. The van der Waals surface area contributed by atoms with Crippen LogP contribution < -0.4 is 21.1 Å². The van der Waals surface area contributed by atoms with Gasteiger partial charge in [-0.05, 0) is 52.8 Å². The number of carbonyl (C=O) groups excluding carboxylic acids is 1. The number of ether oxygens (including phenoxy) is 1. The molecule has 3 aromatic carbocycles. The molecule has 0 fully saturated rings. The quantitative estimate of drug-likeness (QED) is 0.149. The van der Waals surface area contributed by atoms with Crippen molar-refractivity contribution in [2.45, 2.75) is 50.4 Å². The molecular formula is C36H28Cl2N6O4. The number of aromatic amines is 1. The number of nitrogens with zero attached hydrogens (tertiary/aromatic N) is 2. The number of nitrogens with two attached hydrogens (primary N) is 1. The van der Waals surface area contributed by atoms with Gasteiger partial charge in [0.1, 0.15) is 22.4 Å². The molecule has 10 nitrogen and oxygen atoms in total. The van der Waals surface area contributed by atoms with Crippen molar-refractivity contribution in [3.05, 3.63) is 93.2 Å². The van der Waals surface area contributed by atoms with Gasteiger partial charge in [0.2, 0.25) is 11.8 Å². The Bertz CT molecular complexity index is 2380. The van der Waals surface area contributed by atoms with Crippen LogP contribution in [0.15, 0.2) is 63.4 Å². The number of fused-ring (bicyclic) bond motifs is 3. The molecular weight excluding hydrogens is 651 g/mol. The van der Waals surface area contributed by atoms with Crippen molar-refractivity contribution in [1.82, 2.24) is 20.3 Å². The lowest BCUT2D eigenvalue weighted by molar-refractivity contribution is -0.123. The molecule has 1 amide bonds. The van der Waals surface area contributed by atoms with Gasteiger partial charge in [-0.1, -0.05) is 79.9 Å². The number of hydrogen-bond donors (Lipinski definition) is 4.